The summed E-state index contributed by atoms with van der Waals surface area (Å²) in [6.45, 7) is 0.728. The number of hydrogen-bond acceptors (Lipinski definition) is 6. The average molecular weight is 331 g/mol. The summed E-state index contributed by atoms with van der Waals surface area (Å²) >= 11 is 0. The zero-order chi connectivity index (χ0) is 17.7. The predicted molar refractivity (Wildman–Crippen MR) is 81.9 cm³/mol. The smallest absolute Gasteiger partial charge is 0.339 e. The molecule has 0 aliphatic carbocycles. The number of esters is 1. The maximum Gasteiger partial charge on any atom is 0.339 e. The van der Waals surface area contributed by atoms with Crippen LogP contribution in [0.4, 0.5) is 0 Å². The molecule has 2 rings (SSSR count). The molecule has 8 heteroatoms. The zero-order valence-corrected chi connectivity index (χ0v) is 12.6. The highest BCUT2D eigenvalue weighted by Crippen LogP contribution is 2.37. The van der Waals surface area contributed by atoms with E-state index < -0.39 is 23.6 Å². The number of rotatable bonds is 6. The Morgan fingerprint density at radius 1 is 1.17 bits per heavy atom. The Labute approximate surface area is 136 Å². The molecular formula is C16H13NO7. The number of nitrogens with zero attached hydrogens (tertiary/aromatic N) is 1. The number of benzene rings is 2. The monoisotopic (exact) mass is 331 g/mol. The fraction of sp³-hybridized carbons (Fsp3) is 0.125. The Balaban J connectivity index is 2.70. The first-order chi connectivity index (χ1) is 11.4. The summed E-state index contributed by atoms with van der Waals surface area (Å²) in [5.74, 6) is -2.17. The van der Waals surface area contributed by atoms with Crippen LogP contribution in [0.3, 0.4) is 0 Å². The molecule has 0 amide bonds. The highest BCUT2D eigenvalue weighted by molar-refractivity contribution is 5.96. The average Bonchev–Trinajstić information content (AvgIpc) is 2.52. The highest BCUT2D eigenvalue weighted by Gasteiger charge is 2.22. The second kappa shape index (κ2) is 7.23. The Morgan fingerprint density at radius 2 is 1.83 bits per heavy atom. The van der Waals surface area contributed by atoms with Gasteiger partial charge in [-0.2, -0.15) is 0 Å². The van der Waals surface area contributed by atoms with Crippen LogP contribution in [0.1, 0.15) is 22.8 Å². The van der Waals surface area contributed by atoms with E-state index in [4.69, 9.17) is 4.74 Å². The Morgan fingerprint density at radius 3 is 2.38 bits per heavy atom. The number of aromatic carboxylic acids is 1. The maximum absolute atomic E-state index is 11.4. The van der Waals surface area contributed by atoms with Crippen molar-refractivity contribution in [1.29, 1.82) is 0 Å². The van der Waals surface area contributed by atoms with Gasteiger partial charge in [-0.1, -0.05) is 36.4 Å². The van der Waals surface area contributed by atoms with Crippen molar-refractivity contribution < 1.29 is 29.4 Å². The Kier molecular flexibility index (Phi) is 5.10. The van der Waals surface area contributed by atoms with Crippen molar-refractivity contribution in [2.45, 2.75) is 13.5 Å². The molecule has 0 aromatic heterocycles. The van der Waals surface area contributed by atoms with Crippen LogP contribution in [0.25, 0.3) is 11.1 Å². The quantitative estimate of drug-likeness (QED) is 0.374. The molecule has 0 atom stereocenters. The molecule has 0 saturated heterocycles. The van der Waals surface area contributed by atoms with Crippen LogP contribution in [0.15, 0.2) is 42.5 Å². The molecule has 0 aliphatic rings. The minimum atomic E-state index is -1.29. The summed E-state index contributed by atoms with van der Waals surface area (Å²) in [6.07, 6.45) is 0. The van der Waals surface area contributed by atoms with E-state index in [1.54, 1.807) is 30.3 Å². The Hall–Kier alpha value is -3.42. The molecule has 8 nitrogen and oxygen atoms in total. The second-order valence-electron chi connectivity index (χ2n) is 4.74. The van der Waals surface area contributed by atoms with Crippen molar-refractivity contribution in [3.05, 3.63) is 63.7 Å². The van der Waals surface area contributed by atoms with Crippen LogP contribution < -0.4 is 4.74 Å². The van der Waals surface area contributed by atoms with E-state index in [9.17, 15) is 24.8 Å². The molecule has 0 saturated carbocycles. The van der Waals surface area contributed by atoms with E-state index >= 15 is 0 Å². The van der Waals surface area contributed by atoms with Gasteiger partial charge in [0, 0.05) is 12.5 Å². The summed E-state index contributed by atoms with van der Waals surface area (Å²) in [7, 11) is 0. The number of carbonyl (C=O) groups excluding carboxylic acids is 1. The minimum absolute atomic E-state index is 0.175. The van der Waals surface area contributed by atoms with Crippen LogP contribution in [-0.2, 0) is 16.2 Å². The lowest BCUT2D eigenvalue weighted by Gasteiger charge is -2.16. The molecule has 2 aromatic carbocycles. The normalized spacial score (nSPS) is 10.0. The predicted octanol–water partition coefficient (Wildman–Crippen LogP) is 2.69. The molecule has 0 unspecified atom stereocenters. The van der Waals surface area contributed by atoms with Gasteiger partial charge in [-0.15, -0.1) is 10.1 Å². The van der Waals surface area contributed by atoms with E-state index in [2.05, 4.69) is 4.84 Å². The maximum atomic E-state index is 11.4. The molecular weight excluding hydrogens is 318 g/mol. The second-order valence-corrected chi connectivity index (χ2v) is 4.74. The van der Waals surface area contributed by atoms with Gasteiger partial charge in [0.05, 0.1) is 0 Å². The molecule has 2 aromatic rings. The number of carboxylic acids is 1. The van der Waals surface area contributed by atoms with E-state index in [-0.39, 0.29) is 16.9 Å². The van der Waals surface area contributed by atoms with Crippen molar-refractivity contribution in [2.75, 3.05) is 0 Å². The number of ether oxygens (including phenoxy) is 1. The lowest BCUT2D eigenvalue weighted by Crippen LogP contribution is -2.11. The number of carbonyl (C=O) groups is 2. The molecule has 1 N–H and O–H groups in total. The lowest BCUT2D eigenvalue weighted by molar-refractivity contribution is -0.763. The summed E-state index contributed by atoms with van der Waals surface area (Å²) in [4.78, 5) is 37.7. The first-order valence-corrected chi connectivity index (χ1v) is 6.80. The fourth-order valence-electron chi connectivity index (χ4n) is 2.21. The van der Waals surface area contributed by atoms with E-state index in [1.807, 2.05) is 0 Å². The topological polar surface area (TPSA) is 116 Å². The van der Waals surface area contributed by atoms with Crippen molar-refractivity contribution in [1.82, 2.24) is 0 Å². The summed E-state index contributed by atoms with van der Waals surface area (Å²) < 4.78 is 5.09. The van der Waals surface area contributed by atoms with Gasteiger partial charge < -0.3 is 14.7 Å². The van der Waals surface area contributed by atoms with E-state index in [0.717, 1.165) is 6.92 Å². The van der Waals surface area contributed by atoms with Gasteiger partial charge >= 0.3 is 11.9 Å². The van der Waals surface area contributed by atoms with Crippen LogP contribution in [0, 0.1) is 10.1 Å². The van der Waals surface area contributed by atoms with Crippen LogP contribution >= 0.6 is 0 Å². The lowest BCUT2D eigenvalue weighted by atomic mass is 9.96. The summed E-state index contributed by atoms with van der Waals surface area (Å²) in [6, 6.07) is 11.1. The SMILES string of the molecule is CC(=O)Oc1c(C(=O)O)ccc(CO[N+](=O)[O-])c1-c1ccccc1. The van der Waals surface area contributed by atoms with Crippen LogP contribution in [0.2, 0.25) is 0 Å². The van der Waals surface area contributed by atoms with Crippen molar-refractivity contribution in [3.63, 3.8) is 0 Å². The number of hydrogen-bond donors (Lipinski definition) is 1. The number of carboxylic acid groups (broad SMARTS) is 1. The van der Waals surface area contributed by atoms with E-state index in [1.165, 1.54) is 12.1 Å². The highest BCUT2D eigenvalue weighted by atomic mass is 16.9. The van der Waals surface area contributed by atoms with Crippen molar-refractivity contribution in [3.8, 4) is 16.9 Å². The summed E-state index contributed by atoms with van der Waals surface area (Å²) in [5, 5.41) is 18.8. The first-order valence-electron chi connectivity index (χ1n) is 6.80. The molecule has 0 heterocycles. The largest absolute Gasteiger partial charge is 0.478 e. The van der Waals surface area contributed by atoms with Crippen LogP contribution in [0.5, 0.6) is 5.75 Å². The van der Waals surface area contributed by atoms with Gasteiger partial charge in [0.2, 0.25) is 0 Å². The van der Waals surface area contributed by atoms with Crippen molar-refractivity contribution >= 4 is 11.9 Å². The van der Waals surface area contributed by atoms with Gasteiger partial charge in [-0.25, -0.2) is 4.79 Å². The molecule has 0 spiro atoms. The molecule has 0 radical (unpaired) electrons. The molecule has 0 aliphatic heterocycles. The third-order valence-electron chi connectivity index (χ3n) is 3.11. The Bertz CT molecular complexity index is 787. The van der Waals surface area contributed by atoms with Gasteiger partial charge in [-0.05, 0) is 17.2 Å². The van der Waals surface area contributed by atoms with Gasteiger partial charge in [0.1, 0.15) is 12.2 Å². The van der Waals surface area contributed by atoms with E-state index in [0.29, 0.717) is 11.1 Å². The third kappa shape index (κ3) is 3.86. The summed E-state index contributed by atoms with van der Waals surface area (Å²) in [5.41, 5.74) is 0.888. The van der Waals surface area contributed by atoms with Gasteiger partial charge in [0.25, 0.3) is 5.09 Å². The van der Waals surface area contributed by atoms with Crippen LogP contribution in [-0.4, -0.2) is 22.1 Å². The minimum Gasteiger partial charge on any atom is -0.478 e. The zero-order valence-electron chi connectivity index (χ0n) is 12.6. The fourth-order valence-corrected chi connectivity index (χ4v) is 2.21. The first kappa shape index (κ1) is 16.9. The third-order valence-corrected chi connectivity index (χ3v) is 3.11. The van der Waals surface area contributed by atoms with Gasteiger partial charge in [-0.3, -0.25) is 4.79 Å². The van der Waals surface area contributed by atoms with Gasteiger partial charge in [0.15, 0.2) is 5.75 Å². The van der Waals surface area contributed by atoms with Crippen molar-refractivity contribution in [2.24, 2.45) is 0 Å². The molecule has 24 heavy (non-hydrogen) atoms. The molecule has 124 valence electrons. The molecule has 0 bridgehead atoms. The standard InChI is InChI=1S/C16H13NO7/c1-10(18)24-15-13(16(19)20)8-7-12(9-23-17(21)22)14(15)11-5-3-2-4-6-11/h2-8H,9H2,1H3,(H,19,20). The molecule has 0 fully saturated rings.